The molecule has 0 amide bonds. The molecule has 0 aliphatic heterocycles. The Balaban J connectivity index is 1.83. The van der Waals surface area contributed by atoms with Gasteiger partial charge in [-0.05, 0) is 49.3 Å². The zero-order valence-electron chi connectivity index (χ0n) is 17.7. The normalized spacial score (nSPS) is 11.8. The Morgan fingerprint density at radius 1 is 0.485 bits per heavy atom. The Labute approximate surface area is 189 Å². The Hall–Kier alpha value is -4.43. The van der Waals surface area contributed by atoms with E-state index in [1.54, 1.807) is 6.07 Å². The van der Waals surface area contributed by atoms with E-state index in [-0.39, 0.29) is 5.63 Å². The van der Waals surface area contributed by atoms with Crippen LogP contribution in [0.25, 0.3) is 65.2 Å². The topological polar surface area (TPSA) is 30.2 Å². The zero-order chi connectivity index (χ0) is 21.9. The van der Waals surface area contributed by atoms with Crippen molar-refractivity contribution in [1.29, 1.82) is 0 Å². The maximum Gasteiger partial charge on any atom is 0.336 e. The van der Waals surface area contributed by atoms with Crippen LogP contribution >= 0.6 is 0 Å². The molecule has 0 aliphatic rings. The van der Waals surface area contributed by atoms with Gasteiger partial charge in [0.15, 0.2) is 0 Å². The summed E-state index contributed by atoms with van der Waals surface area (Å²) >= 11 is 0. The maximum atomic E-state index is 12.5. The summed E-state index contributed by atoms with van der Waals surface area (Å²) in [4.78, 5) is 12.5. The molecule has 2 nitrogen and oxygen atoms in total. The first kappa shape index (κ1) is 18.2. The molecule has 0 aliphatic carbocycles. The van der Waals surface area contributed by atoms with Crippen LogP contribution in [0.1, 0.15) is 0 Å². The van der Waals surface area contributed by atoms with Crippen LogP contribution in [-0.4, -0.2) is 0 Å². The van der Waals surface area contributed by atoms with Crippen molar-refractivity contribution in [3.05, 3.63) is 120 Å². The number of rotatable bonds is 1. The number of hydrogen-bond donors (Lipinski definition) is 0. The molecule has 2 heteroatoms. The van der Waals surface area contributed by atoms with E-state index in [0.717, 1.165) is 27.3 Å². The number of fused-ring (bicyclic) bond motifs is 9. The van der Waals surface area contributed by atoms with Crippen molar-refractivity contribution in [1.82, 2.24) is 0 Å². The van der Waals surface area contributed by atoms with Crippen LogP contribution in [-0.2, 0) is 0 Å². The molecule has 0 N–H and O–H groups in total. The van der Waals surface area contributed by atoms with Crippen LogP contribution in [0.15, 0.2) is 118 Å². The predicted octanol–water partition coefficient (Wildman–Crippen LogP) is 8.07. The van der Waals surface area contributed by atoms with Gasteiger partial charge >= 0.3 is 5.63 Å². The Morgan fingerprint density at radius 3 is 1.82 bits per heavy atom. The Bertz CT molecular complexity index is 1920. The van der Waals surface area contributed by atoms with Crippen molar-refractivity contribution in [2.75, 3.05) is 0 Å². The first-order valence-corrected chi connectivity index (χ1v) is 11.1. The largest absolute Gasteiger partial charge is 0.423 e. The molecule has 154 valence electrons. The summed E-state index contributed by atoms with van der Waals surface area (Å²) in [6.45, 7) is 0. The molecule has 1 heterocycles. The molecule has 0 fully saturated rings. The highest BCUT2D eigenvalue weighted by molar-refractivity contribution is 6.33. The third kappa shape index (κ3) is 2.64. The second kappa shape index (κ2) is 6.78. The van der Waals surface area contributed by atoms with Gasteiger partial charge in [-0.3, -0.25) is 0 Å². The van der Waals surface area contributed by atoms with Crippen LogP contribution in [0.4, 0.5) is 0 Å². The molecule has 0 bridgehead atoms. The molecule has 1 aromatic heterocycles. The fourth-order valence-corrected chi connectivity index (χ4v) is 5.23. The molecule has 33 heavy (non-hydrogen) atoms. The molecule has 7 rings (SSSR count). The van der Waals surface area contributed by atoms with Gasteiger partial charge in [-0.25, -0.2) is 4.79 Å². The highest BCUT2D eigenvalue weighted by atomic mass is 16.4. The minimum atomic E-state index is -0.337. The second-order valence-electron chi connectivity index (χ2n) is 8.50. The average Bonchev–Trinajstić information content (AvgIpc) is 2.87. The smallest absolute Gasteiger partial charge is 0.336 e. The van der Waals surface area contributed by atoms with Crippen LogP contribution in [0.2, 0.25) is 0 Å². The lowest BCUT2D eigenvalue weighted by Gasteiger charge is -2.14. The molecular formula is C31H18O2. The maximum absolute atomic E-state index is 12.5. The molecule has 0 radical (unpaired) electrons. The quantitative estimate of drug-likeness (QED) is 0.198. The van der Waals surface area contributed by atoms with Crippen LogP contribution in [0.5, 0.6) is 0 Å². The lowest BCUT2D eigenvalue weighted by molar-refractivity contribution is 0.562. The third-order valence-electron chi connectivity index (χ3n) is 6.66. The number of benzene rings is 6. The average molecular weight is 422 g/mol. The van der Waals surface area contributed by atoms with Gasteiger partial charge in [0.05, 0.1) is 0 Å². The van der Waals surface area contributed by atoms with E-state index in [2.05, 4.69) is 66.7 Å². The third-order valence-corrected chi connectivity index (χ3v) is 6.66. The van der Waals surface area contributed by atoms with E-state index in [1.807, 2.05) is 36.4 Å². The van der Waals surface area contributed by atoms with Gasteiger partial charge < -0.3 is 4.42 Å². The Kier molecular flexibility index (Phi) is 3.73. The van der Waals surface area contributed by atoms with E-state index < -0.39 is 0 Å². The van der Waals surface area contributed by atoms with Crippen molar-refractivity contribution in [2.45, 2.75) is 0 Å². The summed E-state index contributed by atoms with van der Waals surface area (Å²) in [6.07, 6.45) is 0. The van der Waals surface area contributed by atoms with Crippen molar-refractivity contribution in [3.8, 4) is 11.1 Å². The van der Waals surface area contributed by atoms with Crippen molar-refractivity contribution in [2.24, 2.45) is 0 Å². The Morgan fingerprint density at radius 2 is 1.06 bits per heavy atom. The van der Waals surface area contributed by atoms with E-state index in [0.29, 0.717) is 5.58 Å². The monoisotopic (exact) mass is 422 g/mol. The first-order valence-electron chi connectivity index (χ1n) is 11.1. The zero-order valence-corrected chi connectivity index (χ0v) is 17.7. The SMILES string of the molecule is O=c1cc(-c2ccccc2)c2c(ccc3ccc4ccc5ccc6ccccc6c5c4c32)o1. The van der Waals surface area contributed by atoms with Gasteiger partial charge in [-0.1, -0.05) is 97.1 Å². The minimum absolute atomic E-state index is 0.337. The van der Waals surface area contributed by atoms with E-state index in [4.69, 9.17) is 4.42 Å². The van der Waals surface area contributed by atoms with Gasteiger partial charge in [0.1, 0.15) is 5.58 Å². The van der Waals surface area contributed by atoms with Crippen molar-refractivity contribution < 1.29 is 4.42 Å². The summed E-state index contributed by atoms with van der Waals surface area (Å²) in [7, 11) is 0. The molecule has 0 saturated carbocycles. The molecule has 6 aromatic carbocycles. The minimum Gasteiger partial charge on any atom is -0.423 e. The lowest BCUT2D eigenvalue weighted by Crippen LogP contribution is -1.99. The fourth-order valence-electron chi connectivity index (χ4n) is 5.23. The van der Waals surface area contributed by atoms with Gasteiger partial charge in [-0.2, -0.15) is 0 Å². The predicted molar refractivity (Wildman–Crippen MR) is 138 cm³/mol. The lowest BCUT2D eigenvalue weighted by atomic mass is 9.89. The molecule has 0 unspecified atom stereocenters. The van der Waals surface area contributed by atoms with Crippen LogP contribution in [0, 0.1) is 0 Å². The highest BCUT2D eigenvalue weighted by Gasteiger charge is 2.16. The van der Waals surface area contributed by atoms with Crippen LogP contribution in [0.3, 0.4) is 0 Å². The highest BCUT2D eigenvalue weighted by Crippen LogP contribution is 2.41. The van der Waals surface area contributed by atoms with E-state index in [9.17, 15) is 4.79 Å². The second-order valence-corrected chi connectivity index (χ2v) is 8.50. The van der Waals surface area contributed by atoms with Gasteiger partial charge in [-0.15, -0.1) is 0 Å². The summed E-state index contributed by atoms with van der Waals surface area (Å²) in [6, 6.07) is 37.3. The van der Waals surface area contributed by atoms with E-state index >= 15 is 0 Å². The molecule has 0 saturated heterocycles. The summed E-state index contributed by atoms with van der Waals surface area (Å²) in [5.41, 5.74) is 2.18. The van der Waals surface area contributed by atoms with Gasteiger partial charge in [0, 0.05) is 22.4 Å². The van der Waals surface area contributed by atoms with Gasteiger partial charge in [0.2, 0.25) is 0 Å². The molecule has 0 spiro atoms. The summed E-state index contributed by atoms with van der Waals surface area (Å²) in [5.74, 6) is 0. The fraction of sp³-hybridized carbons (Fsp3) is 0. The standard InChI is InChI=1S/C31H18O2/c32-27-18-25(19-6-2-1-3-7-19)31-26(33-27)17-16-23-15-14-22-13-12-21-11-10-20-8-4-5-9-24(20)28(21)29(22)30(23)31/h1-18H. The summed E-state index contributed by atoms with van der Waals surface area (Å²) in [5, 5.41) is 10.5. The summed E-state index contributed by atoms with van der Waals surface area (Å²) < 4.78 is 5.72. The molecular weight excluding hydrogens is 404 g/mol. The molecule has 7 aromatic rings. The van der Waals surface area contributed by atoms with Gasteiger partial charge in [0.25, 0.3) is 0 Å². The van der Waals surface area contributed by atoms with E-state index in [1.165, 1.54) is 32.3 Å². The molecule has 0 atom stereocenters. The first-order chi connectivity index (χ1) is 16.3. The van der Waals surface area contributed by atoms with Crippen molar-refractivity contribution in [3.63, 3.8) is 0 Å². The number of hydrogen-bond acceptors (Lipinski definition) is 2. The van der Waals surface area contributed by atoms with Crippen molar-refractivity contribution >= 4 is 54.1 Å². The van der Waals surface area contributed by atoms with Crippen LogP contribution < -0.4 is 5.63 Å².